The van der Waals surface area contributed by atoms with Gasteiger partial charge in [0.05, 0.1) is 12.1 Å². The van der Waals surface area contributed by atoms with Gasteiger partial charge in [0.1, 0.15) is 17.4 Å². The van der Waals surface area contributed by atoms with Crippen molar-refractivity contribution in [1.82, 2.24) is 15.2 Å². The lowest BCUT2D eigenvalue weighted by molar-refractivity contribution is -0.131. The van der Waals surface area contributed by atoms with Crippen LogP contribution in [0.25, 0.3) is 0 Å². The largest absolute Gasteiger partial charge is 0.486 e. The zero-order chi connectivity index (χ0) is 20.5. The number of nitrogens with one attached hydrogen (secondary N) is 1. The number of thiazole rings is 1. The van der Waals surface area contributed by atoms with Gasteiger partial charge in [-0.3, -0.25) is 9.59 Å². The number of carbonyl (C=O) groups excluding carboxylic acids is 2. The number of hydrogen-bond donors (Lipinski definition) is 1. The van der Waals surface area contributed by atoms with Gasteiger partial charge in [0.25, 0.3) is 0 Å². The highest BCUT2D eigenvalue weighted by molar-refractivity contribution is 7.09. The Bertz CT molecular complexity index is 796. The first-order valence-electron chi connectivity index (χ1n) is 10.3. The van der Waals surface area contributed by atoms with Crippen molar-refractivity contribution < 1.29 is 14.3 Å². The van der Waals surface area contributed by atoms with E-state index in [2.05, 4.69) is 10.3 Å². The summed E-state index contributed by atoms with van der Waals surface area (Å²) in [6, 6.07) is 7.88. The van der Waals surface area contributed by atoms with E-state index in [0.29, 0.717) is 19.6 Å². The summed E-state index contributed by atoms with van der Waals surface area (Å²) in [6.07, 6.45) is 5.14. The van der Waals surface area contributed by atoms with Crippen LogP contribution in [0.3, 0.4) is 0 Å². The summed E-state index contributed by atoms with van der Waals surface area (Å²) < 4.78 is 5.73. The molecule has 0 radical (unpaired) electrons. The summed E-state index contributed by atoms with van der Waals surface area (Å²) in [5.41, 5.74) is 1.92. The van der Waals surface area contributed by atoms with Gasteiger partial charge in [0.2, 0.25) is 11.8 Å². The Kier molecular flexibility index (Phi) is 8.04. The third-order valence-electron chi connectivity index (χ3n) is 4.94. The summed E-state index contributed by atoms with van der Waals surface area (Å²) in [4.78, 5) is 30.8. The predicted molar refractivity (Wildman–Crippen MR) is 114 cm³/mol. The van der Waals surface area contributed by atoms with Crippen LogP contribution in [0.4, 0.5) is 0 Å². The molecule has 1 aliphatic heterocycles. The Balaban J connectivity index is 1.36. The maximum absolute atomic E-state index is 12.3. The van der Waals surface area contributed by atoms with E-state index >= 15 is 0 Å². The summed E-state index contributed by atoms with van der Waals surface area (Å²) in [5, 5.41) is 5.56. The van der Waals surface area contributed by atoms with Crippen molar-refractivity contribution in [2.75, 3.05) is 19.6 Å². The maximum atomic E-state index is 12.3. The van der Waals surface area contributed by atoms with E-state index < -0.39 is 0 Å². The molecule has 1 saturated heterocycles. The first-order chi connectivity index (χ1) is 14.1. The minimum absolute atomic E-state index is 0.107. The van der Waals surface area contributed by atoms with Gasteiger partial charge in [0.15, 0.2) is 0 Å². The number of aromatic nitrogens is 1. The van der Waals surface area contributed by atoms with Crippen LogP contribution in [0.2, 0.25) is 0 Å². The minimum Gasteiger partial charge on any atom is -0.486 e. The molecule has 1 aromatic heterocycles. The van der Waals surface area contributed by atoms with E-state index in [9.17, 15) is 9.59 Å². The molecule has 2 aromatic rings. The van der Waals surface area contributed by atoms with Gasteiger partial charge in [-0.05, 0) is 31.9 Å². The molecule has 1 aromatic carbocycles. The Hall–Kier alpha value is -2.41. The summed E-state index contributed by atoms with van der Waals surface area (Å²) in [6.45, 7) is 4.49. The van der Waals surface area contributed by atoms with Crippen LogP contribution in [0.1, 0.15) is 48.4 Å². The number of likely N-dealkylation sites (tertiary alicyclic amines) is 1. The van der Waals surface area contributed by atoms with Gasteiger partial charge in [-0.15, -0.1) is 11.3 Å². The predicted octanol–water partition coefficient (Wildman–Crippen LogP) is 3.48. The van der Waals surface area contributed by atoms with Crippen molar-refractivity contribution in [3.8, 4) is 5.75 Å². The average molecular weight is 416 g/mol. The van der Waals surface area contributed by atoms with Crippen LogP contribution in [0, 0.1) is 6.92 Å². The zero-order valence-corrected chi connectivity index (χ0v) is 17.8. The highest BCUT2D eigenvalue weighted by Gasteiger charge is 2.15. The smallest absolute Gasteiger partial charge is 0.226 e. The molecule has 0 unspecified atom stereocenters. The van der Waals surface area contributed by atoms with E-state index in [0.717, 1.165) is 42.4 Å². The van der Waals surface area contributed by atoms with Gasteiger partial charge in [-0.25, -0.2) is 4.98 Å². The van der Waals surface area contributed by atoms with E-state index in [4.69, 9.17) is 4.74 Å². The number of amides is 2. The Morgan fingerprint density at radius 3 is 2.59 bits per heavy atom. The first-order valence-corrected chi connectivity index (χ1v) is 11.2. The lowest BCUT2D eigenvalue weighted by atomic mass is 10.2. The average Bonchev–Trinajstić information content (AvgIpc) is 2.98. The molecule has 156 valence electrons. The summed E-state index contributed by atoms with van der Waals surface area (Å²) in [7, 11) is 0. The SMILES string of the molecule is Cc1ccc(OCc2nc(CC(=O)NCCC(=O)N3CCCCCC3)cs2)cc1. The van der Waals surface area contributed by atoms with E-state index in [1.165, 1.54) is 29.7 Å². The lowest BCUT2D eigenvalue weighted by Gasteiger charge is -2.20. The molecule has 29 heavy (non-hydrogen) atoms. The number of rotatable bonds is 8. The summed E-state index contributed by atoms with van der Waals surface area (Å²) in [5.74, 6) is 0.834. The third kappa shape index (κ3) is 7.16. The second kappa shape index (κ2) is 11.0. The fourth-order valence-electron chi connectivity index (χ4n) is 3.29. The van der Waals surface area contributed by atoms with Crippen molar-refractivity contribution in [2.24, 2.45) is 0 Å². The molecule has 1 fully saturated rings. The van der Waals surface area contributed by atoms with Crippen LogP contribution in [0.15, 0.2) is 29.6 Å². The topological polar surface area (TPSA) is 71.5 Å². The van der Waals surface area contributed by atoms with Crippen molar-refractivity contribution in [1.29, 1.82) is 0 Å². The number of aryl methyl sites for hydroxylation is 1. The summed E-state index contributed by atoms with van der Waals surface area (Å²) >= 11 is 1.49. The molecule has 7 heteroatoms. The molecular weight excluding hydrogens is 386 g/mol. The van der Waals surface area contributed by atoms with Gasteiger partial charge in [0, 0.05) is 31.4 Å². The van der Waals surface area contributed by atoms with Crippen LogP contribution in [0.5, 0.6) is 5.75 Å². The lowest BCUT2D eigenvalue weighted by Crippen LogP contribution is -2.35. The number of ether oxygens (including phenoxy) is 1. The van der Waals surface area contributed by atoms with Crippen LogP contribution < -0.4 is 10.1 Å². The van der Waals surface area contributed by atoms with Crippen molar-refractivity contribution in [2.45, 2.75) is 52.1 Å². The molecule has 3 rings (SSSR count). The molecule has 0 bridgehead atoms. The molecule has 2 heterocycles. The molecule has 6 nitrogen and oxygen atoms in total. The van der Waals surface area contributed by atoms with Crippen molar-refractivity contribution in [3.63, 3.8) is 0 Å². The van der Waals surface area contributed by atoms with E-state index in [-0.39, 0.29) is 18.2 Å². The zero-order valence-electron chi connectivity index (χ0n) is 17.0. The fourth-order valence-corrected chi connectivity index (χ4v) is 4.00. The monoisotopic (exact) mass is 415 g/mol. The Labute approximate surface area is 176 Å². The first kappa shape index (κ1) is 21.3. The second-order valence-electron chi connectivity index (χ2n) is 7.41. The fraction of sp³-hybridized carbons (Fsp3) is 0.500. The van der Waals surface area contributed by atoms with E-state index in [1.54, 1.807) is 0 Å². The number of nitrogens with zero attached hydrogens (tertiary/aromatic N) is 2. The second-order valence-corrected chi connectivity index (χ2v) is 8.35. The molecule has 1 aliphatic rings. The molecule has 0 atom stereocenters. The Morgan fingerprint density at radius 2 is 1.86 bits per heavy atom. The molecule has 0 aliphatic carbocycles. The number of hydrogen-bond acceptors (Lipinski definition) is 5. The van der Waals surface area contributed by atoms with Crippen LogP contribution in [-0.2, 0) is 22.6 Å². The van der Waals surface area contributed by atoms with E-state index in [1.807, 2.05) is 41.5 Å². The third-order valence-corrected chi connectivity index (χ3v) is 5.82. The molecular formula is C22H29N3O3S. The standard InChI is InChI=1S/C22H29N3O3S/c1-17-6-8-19(9-7-17)28-15-21-24-18(16-29-21)14-20(26)23-11-10-22(27)25-12-4-2-3-5-13-25/h6-9,16H,2-5,10-15H2,1H3,(H,23,26). The highest BCUT2D eigenvalue weighted by Crippen LogP contribution is 2.16. The van der Waals surface area contributed by atoms with Crippen molar-refractivity contribution in [3.05, 3.63) is 45.9 Å². The van der Waals surface area contributed by atoms with Gasteiger partial charge in [-0.1, -0.05) is 30.5 Å². The molecule has 0 spiro atoms. The van der Waals surface area contributed by atoms with Gasteiger partial charge < -0.3 is 15.0 Å². The highest BCUT2D eigenvalue weighted by atomic mass is 32.1. The van der Waals surface area contributed by atoms with Crippen LogP contribution >= 0.6 is 11.3 Å². The number of benzene rings is 1. The number of carbonyl (C=O) groups is 2. The van der Waals surface area contributed by atoms with Crippen molar-refractivity contribution >= 4 is 23.2 Å². The molecule has 1 N–H and O–H groups in total. The van der Waals surface area contributed by atoms with Crippen LogP contribution in [-0.4, -0.2) is 41.3 Å². The minimum atomic E-state index is -0.107. The normalized spacial score (nSPS) is 14.3. The van der Waals surface area contributed by atoms with Gasteiger partial charge in [-0.2, -0.15) is 0 Å². The quantitative estimate of drug-likeness (QED) is 0.716. The van der Waals surface area contributed by atoms with Gasteiger partial charge >= 0.3 is 0 Å². The molecule has 0 saturated carbocycles. The Morgan fingerprint density at radius 1 is 1.14 bits per heavy atom. The molecule has 2 amide bonds. The maximum Gasteiger partial charge on any atom is 0.226 e.